The summed E-state index contributed by atoms with van der Waals surface area (Å²) in [6, 6.07) is 7.43. The van der Waals surface area contributed by atoms with Crippen molar-refractivity contribution in [2.75, 3.05) is 27.2 Å². The zero-order valence-corrected chi connectivity index (χ0v) is 14.0. The summed E-state index contributed by atoms with van der Waals surface area (Å²) in [5.41, 5.74) is 0.840. The molecule has 7 heteroatoms. The predicted octanol–water partition coefficient (Wildman–Crippen LogP) is 3.25. The first-order valence-corrected chi connectivity index (χ1v) is 7.98. The van der Waals surface area contributed by atoms with E-state index in [2.05, 4.69) is 10.1 Å². The monoisotopic (exact) mass is 334 g/mol. The molecule has 23 heavy (non-hydrogen) atoms. The predicted molar refractivity (Wildman–Crippen MR) is 87.4 cm³/mol. The molecule has 1 aliphatic rings. The molecule has 0 unspecified atom stereocenters. The van der Waals surface area contributed by atoms with Crippen molar-refractivity contribution in [2.45, 2.75) is 18.8 Å². The minimum absolute atomic E-state index is 0.0496. The molecule has 1 aromatic carbocycles. The molecule has 0 aliphatic carbocycles. The molecule has 2 heterocycles. The van der Waals surface area contributed by atoms with E-state index < -0.39 is 0 Å². The summed E-state index contributed by atoms with van der Waals surface area (Å²) in [5, 5.41) is 4.69. The summed E-state index contributed by atoms with van der Waals surface area (Å²) in [6.07, 6.45) is 1.66. The standard InChI is InChI=1S/C16H19ClN4O2/c1-20(2)16(22)21-8-6-11(7-9-21)15-18-14(19-23-15)12-4-3-5-13(17)10-12/h3-5,10-11H,6-9H2,1-2H3. The van der Waals surface area contributed by atoms with Gasteiger partial charge in [-0.3, -0.25) is 0 Å². The van der Waals surface area contributed by atoms with Crippen molar-refractivity contribution in [3.8, 4) is 11.4 Å². The third-order valence-electron chi connectivity index (χ3n) is 4.02. The molecule has 1 fully saturated rings. The van der Waals surface area contributed by atoms with Crippen LogP contribution in [0.3, 0.4) is 0 Å². The second-order valence-electron chi connectivity index (χ2n) is 5.90. The van der Waals surface area contributed by atoms with Gasteiger partial charge >= 0.3 is 6.03 Å². The lowest BCUT2D eigenvalue weighted by Gasteiger charge is -2.32. The Hall–Kier alpha value is -2.08. The topological polar surface area (TPSA) is 62.5 Å². The molecule has 2 amide bonds. The fraction of sp³-hybridized carbons (Fsp3) is 0.438. The van der Waals surface area contributed by atoms with Crippen LogP contribution in [0.1, 0.15) is 24.7 Å². The molecule has 0 radical (unpaired) electrons. The van der Waals surface area contributed by atoms with E-state index >= 15 is 0 Å². The fourth-order valence-electron chi connectivity index (χ4n) is 2.75. The van der Waals surface area contributed by atoms with E-state index in [-0.39, 0.29) is 11.9 Å². The van der Waals surface area contributed by atoms with Crippen LogP contribution in [0.4, 0.5) is 4.79 Å². The number of amides is 2. The molecule has 1 aromatic heterocycles. The summed E-state index contributed by atoms with van der Waals surface area (Å²) in [4.78, 5) is 19.9. The van der Waals surface area contributed by atoms with Gasteiger partial charge in [0.2, 0.25) is 11.7 Å². The Kier molecular flexibility index (Phi) is 4.52. The van der Waals surface area contributed by atoms with Crippen LogP contribution in [-0.4, -0.2) is 53.2 Å². The third-order valence-corrected chi connectivity index (χ3v) is 4.26. The Bertz CT molecular complexity index is 693. The number of hydrogen-bond donors (Lipinski definition) is 0. The summed E-state index contributed by atoms with van der Waals surface area (Å²) < 4.78 is 5.42. The molecule has 0 N–H and O–H groups in total. The Morgan fingerprint density at radius 1 is 1.35 bits per heavy atom. The van der Waals surface area contributed by atoms with Crippen molar-refractivity contribution in [1.29, 1.82) is 0 Å². The normalized spacial score (nSPS) is 15.7. The second-order valence-corrected chi connectivity index (χ2v) is 6.34. The summed E-state index contributed by atoms with van der Waals surface area (Å²) >= 11 is 5.99. The Labute approximate surface area is 140 Å². The van der Waals surface area contributed by atoms with Gasteiger partial charge in [0.05, 0.1) is 0 Å². The number of rotatable bonds is 2. The third kappa shape index (κ3) is 3.47. The van der Waals surface area contributed by atoms with Crippen molar-refractivity contribution < 1.29 is 9.32 Å². The summed E-state index contributed by atoms with van der Waals surface area (Å²) in [7, 11) is 3.54. The van der Waals surface area contributed by atoms with E-state index in [1.165, 1.54) is 0 Å². The number of carbonyl (C=O) groups is 1. The number of nitrogens with zero attached hydrogens (tertiary/aromatic N) is 4. The lowest BCUT2D eigenvalue weighted by molar-refractivity contribution is 0.152. The lowest BCUT2D eigenvalue weighted by atomic mass is 9.97. The van der Waals surface area contributed by atoms with Crippen LogP contribution in [0.2, 0.25) is 5.02 Å². The minimum Gasteiger partial charge on any atom is -0.339 e. The van der Waals surface area contributed by atoms with Crippen molar-refractivity contribution in [3.63, 3.8) is 0 Å². The van der Waals surface area contributed by atoms with E-state index in [0.29, 0.717) is 29.8 Å². The van der Waals surface area contributed by atoms with Gasteiger partial charge in [-0.05, 0) is 25.0 Å². The highest BCUT2D eigenvalue weighted by Gasteiger charge is 2.28. The van der Waals surface area contributed by atoms with Gasteiger partial charge in [0.15, 0.2) is 0 Å². The number of urea groups is 1. The first-order chi connectivity index (χ1) is 11.0. The van der Waals surface area contributed by atoms with Gasteiger partial charge < -0.3 is 14.3 Å². The maximum atomic E-state index is 12.0. The van der Waals surface area contributed by atoms with Crippen LogP contribution >= 0.6 is 11.6 Å². The van der Waals surface area contributed by atoms with Crippen LogP contribution in [0.5, 0.6) is 0 Å². The molecule has 0 bridgehead atoms. The van der Waals surface area contributed by atoms with Gasteiger partial charge in [-0.15, -0.1) is 0 Å². The number of aromatic nitrogens is 2. The molecular formula is C16H19ClN4O2. The van der Waals surface area contributed by atoms with Crippen molar-refractivity contribution in [1.82, 2.24) is 19.9 Å². The Balaban J connectivity index is 1.67. The quantitative estimate of drug-likeness (QED) is 0.845. The molecule has 122 valence electrons. The van der Waals surface area contributed by atoms with Gasteiger partial charge in [-0.25, -0.2) is 4.79 Å². The largest absolute Gasteiger partial charge is 0.339 e. The maximum Gasteiger partial charge on any atom is 0.319 e. The van der Waals surface area contributed by atoms with Crippen molar-refractivity contribution in [3.05, 3.63) is 35.2 Å². The van der Waals surface area contributed by atoms with Gasteiger partial charge in [-0.2, -0.15) is 4.98 Å². The van der Waals surface area contributed by atoms with Gasteiger partial charge in [0, 0.05) is 43.7 Å². The molecule has 0 saturated carbocycles. The van der Waals surface area contributed by atoms with E-state index in [1.54, 1.807) is 19.0 Å². The minimum atomic E-state index is 0.0496. The number of piperidine rings is 1. The average Bonchev–Trinajstić information content (AvgIpc) is 3.04. The molecular weight excluding hydrogens is 316 g/mol. The van der Waals surface area contributed by atoms with Crippen LogP contribution in [0, 0.1) is 0 Å². The van der Waals surface area contributed by atoms with Crippen molar-refractivity contribution >= 4 is 17.6 Å². The number of benzene rings is 1. The van der Waals surface area contributed by atoms with Crippen LogP contribution in [-0.2, 0) is 0 Å². The molecule has 6 nitrogen and oxygen atoms in total. The lowest BCUT2D eigenvalue weighted by Crippen LogP contribution is -2.43. The van der Waals surface area contributed by atoms with Gasteiger partial charge in [0.25, 0.3) is 0 Å². The Morgan fingerprint density at radius 3 is 2.74 bits per heavy atom. The molecule has 3 rings (SSSR count). The number of carbonyl (C=O) groups excluding carboxylic acids is 1. The molecule has 0 spiro atoms. The number of hydrogen-bond acceptors (Lipinski definition) is 4. The molecule has 2 aromatic rings. The SMILES string of the molecule is CN(C)C(=O)N1CCC(c2nc(-c3cccc(Cl)c3)no2)CC1. The maximum absolute atomic E-state index is 12.0. The highest BCUT2D eigenvalue weighted by molar-refractivity contribution is 6.30. The molecule has 1 saturated heterocycles. The van der Waals surface area contributed by atoms with E-state index in [4.69, 9.17) is 16.1 Å². The van der Waals surface area contributed by atoms with Gasteiger partial charge in [-0.1, -0.05) is 28.9 Å². The second kappa shape index (κ2) is 6.58. The van der Waals surface area contributed by atoms with Crippen molar-refractivity contribution in [2.24, 2.45) is 0 Å². The van der Waals surface area contributed by atoms with Crippen LogP contribution in [0.25, 0.3) is 11.4 Å². The summed E-state index contributed by atoms with van der Waals surface area (Å²) in [5.74, 6) is 1.38. The zero-order valence-electron chi connectivity index (χ0n) is 13.2. The zero-order chi connectivity index (χ0) is 16.4. The van der Waals surface area contributed by atoms with Gasteiger partial charge in [0.1, 0.15) is 0 Å². The van der Waals surface area contributed by atoms with Crippen LogP contribution in [0.15, 0.2) is 28.8 Å². The van der Waals surface area contributed by atoms with E-state index in [1.807, 2.05) is 29.2 Å². The smallest absolute Gasteiger partial charge is 0.319 e. The first kappa shape index (κ1) is 15.8. The summed E-state index contributed by atoms with van der Waals surface area (Å²) in [6.45, 7) is 1.41. The highest BCUT2D eigenvalue weighted by Crippen LogP contribution is 2.29. The van der Waals surface area contributed by atoms with E-state index in [0.717, 1.165) is 18.4 Å². The number of likely N-dealkylation sites (tertiary alicyclic amines) is 1. The average molecular weight is 335 g/mol. The molecule has 1 aliphatic heterocycles. The first-order valence-electron chi connectivity index (χ1n) is 7.60. The molecule has 0 atom stereocenters. The highest BCUT2D eigenvalue weighted by atomic mass is 35.5. The van der Waals surface area contributed by atoms with E-state index in [9.17, 15) is 4.79 Å². The van der Waals surface area contributed by atoms with Crippen LogP contribution < -0.4 is 0 Å². The Morgan fingerprint density at radius 2 is 2.09 bits per heavy atom. The number of halogens is 1. The fourth-order valence-corrected chi connectivity index (χ4v) is 2.94.